The summed E-state index contributed by atoms with van der Waals surface area (Å²) in [7, 11) is 0. The second kappa shape index (κ2) is 6.04. The quantitative estimate of drug-likeness (QED) is 0.830. The molecule has 1 heterocycles. The van der Waals surface area contributed by atoms with Crippen LogP contribution < -0.4 is 11.1 Å². The molecule has 0 fully saturated rings. The SMILES string of the molecule is CCc1cnc(CNc2ccc(C(N)=S)c(Cl)c2)o1. The number of rotatable bonds is 5. The fraction of sp³-hybridized carbons (Fsp3) is 0.231. The van der Waals surface area contributed by atoms with Gasteiger partial charge in [0.05, 0.1) is 17.8 Å². The van der Waals surface area contributed by atoms with Gasteiger partial charge in [0, 0.05) is 17.7 Å². The molecule has 19 heavy (non-hydrogen) atoms. The summed E-state index contributed by atoms with van der Waals surface area (Å²) < 4.78 is 5.50. The Morgan fingerprint density at radius 2 is 2.32 bits per heavy atom. The van der Waals surface area contributed by atoms with Gasteiger partial charge in [0.25, 0.3) is 0 Å². The van der Waals surface area contributed by atoms with Gasteiger partial charge in [0.2, 0.25) is 5.89 Å². The van der Waals surface area contributed by atoms with Crippen molar-refractivity contribution in [2.75, 3.05) is 5.32 Å². The summed E-state index contributed by atoms with van der Waals surface area (Å²) in [5.74, 6) is 1.52. The van der Waals surface area contributed by atoms with Crippen molar-refractivity contribution in [1.82, 2.24) is 4.98 Å². The third-order valence-corrected chi connectivity index (χ3v) is 3.16. The molecule has 2 rings (SSSR count). The predicted octanol–water partition coefficient (Wildman–Crippen LogP) is 3.14. The van der Waals surface area contributed by atoms with Crippen molar-refractivity contribution in [1.29, 1.82) is 0 Å². The molecule has 0 saturated heterocycles. The van der Waals surface area contributed by atoms with Crippen LogP contribution in [0.25, 0.3) is 0 Å². The van der Waals surface area contributed by atoms with Crippen molar-refractivity contribution in [3.8, 4) is 0 Å². The topological polar surface area (TPSA) is 64.1 Å². The fourth-order valence-electron chi connectivity index (χ4n) is 1.60. The molecule has 0 bridgehead atoms. The van der Waals surface area contributed by atoms with Gasteiger partial charge in [-0.05, 0) is 18.2 Å². The normalized spacial score (nSPS) is 10.4. The van der Waals surface area contributed by atoms with Crippen LogP contribution in [0.4, 0.5) is 5.69 Å². The lowest BCUT2D eigenvalue weighted by molar-refractivity contribution is 0.466. The molecule has 0 aliphatic rings. The molecule has 0 aliphatic heterocycles. The van der Waals surface area contributed by atoms with Crippen molar-refractivity contribution in [2.45, 2.75) is 19.9 Å². The second-order valence-corrected chi connectivity index (χ2v) is 4.83. The van der Waals surface area contributed by atoms with Gasteiger partial charge in [-0.25, -0.2) is 4.98 Å². The summed E-state index contributed by atoms with van der Waals surface area (Å²) in [5, 5.41) is 3.71. The Morgan fingerprint density at radius 3 is 2.89 bits per heavy atom. The molecule has 100 valence electrons. The molecule has 0 unspecified atom stereocenters. The highest BCUT2D eigenvalue weighted by molar-refractivity contribution is 7.80. The van der Waals surface area contributed by atoms with Crippen LogP contribution in [-0.4, -0.2) is 9.97 Å². The minimum absolute atomic E-state index is 0.289. The highest BCUT2D eigenvalue weighted by Crippen LogP contribution is 2.21. The van der Waals surface area contributed by atoms with E-state index in [1.165, 1.54) is 0 Å². The van der Waals surface area contributed by atoms with Crippen LogP contribution in [0.5, 0.6) is 0 Å². The first kappa shape index (κ1) is 13.8. The number of nitrogens with one attached hydrogen (secondary N) is 1. The van der Waals surface area contributed by atoms with E-state index >= 15 is 0 Å². The van der Waals surface area contributed by atoms with Crippen LogP contribution in [0.2, 0.25) is 5.02 Å². The summed E-state index contributed by atoms with van der Waals surface area (Å²) in [4.78, 5) is 4.46. The molecule has 4 nitrogen and oxygen atoms in total. The third kappa shape index (κ3) is 3.45. The lowest BCUT2D eigenvalue weighted by Crippen LogP contribution is -2.10. The standard InChI is InChI=1S/C13H14ClN3OS/c1-2-9-6-17-12(18-9)7-16-8-3-4-10(13(15)19)11(14)5-8/h3-6,16H,2,7H2,1H3,(H2,15,19). The molecule has 0 amide bonds. The molecule has 6 heteroatoms. The Kier molecular flexibility index (Phi) is 4.39. The maximum absolute atomic E-state index is 6.09. The summed E-state index contributed by atoms with van der Waals surface area (Å²) in [6.07, 6.45) is 2.57. The van der Waals surface area contributed by atoms with Crippen molar-refractivity contribution in [2.24, 2.45) is 5.73 Å². The molecule has 1 aromatic heterocycles. The summed E-state index contributed by atoms with van der Waals surface area (Å²) in [6, 6.07) is 5.43. The average molecular weight is 296 g/mol. The number of nitrogens with two attached hydrogens (primary N) is 1. The Labute approximate surface area is 122 Å². The molecule has 3 N–H and O–H groups in total. The Balaban J connectivity index is 2.03. The number of thiocarbonyl (C=S) groups is 1. The van der Waals surface area contributed by atoms with Crippen molar-refractivity contribution in [3.05, 3.63) is 46.6 Å². The van der Waals surface area contributed by atoms with Crippen LogP contribution in [-0.2, 0) is 13.0 Å². The van der Waals surface area contributed by atoms with E-state index in [0.29, 0.717) is 23.0 Å². The van der Waals surface area contributed by atoms with Crippen LogP contribution in [0, 0.1) is 0 Å². The van der Waals surface area contributed by atoms with E-state index in [4.69, 9.17) is 34.0 Å². The Hall–Kier alpha value is -1.59. The number of benzene rings is 1. The summed E-state index contributed by atoms with van der Waals surface area (Å²) in [5.41, 5.74) is 7.08. The number of aryl methyl sites for hydroxylation is 1. The monoisotopic (exact) mass is 295 g/mol. The van der Waals surface area contributed by atoms with Crippen LogP contribution >= 0.6 is 23.8 Å². The van der Waals surface area contributed by atoms with Gasteiger partial charge in [-0.1, -0.05) is 30.7 Å². The van der Waals surface area contributed by atoms with E-state index in [-0.39, 0.29) is 4.99 Å². The van der Waals surface area contributed by atoms with E-state index in [9.17, 15) is 0 Å². The molecular weight excluding hydrogens is 282 g/mol. The summed E-state index contributed by atoms with van der Waals surface area (Å²) >= 11 is 11.0. The molecule has 0 atom stereocenters. The smallest absolute Gasteiger partial charge is 0.213 e. The van der Waals surface area contributed by atoms with Gasteiger partial charge in [-0.2, -0.15) is 0 Å². The van der Waals surface area contributed by atoms with Crippen LogP contribution in [0.15, 0.2) is 28.8 Å². The first-order chi connectivity index (χ1) is 9.10. The van der Waals surface area contributed by atoms with Crippen LogP contribution in [0.3, 0.4) is 0 Å². The van der Waals surface area contributed by atoms with Gasteiger partial charge in [0.1, 0.15) is 10.7 Å². The van der Waals surface area contributed by atoms with Gasteiger partial charge < -0.3 is 15.5 Å². The minimum atomic E-state index is 0.289. The zero-order valence-corrected chi connectivity index (χ0v) is 12.0. The lowest BCUT2D eigenvalue weighted by atomic mass is 10.2. The van der Waals surface area contributed by atoms with Crippen LogP contribution in [0.1, 0.15) is 24.1 Å². The zero-order chi connectivity index (χ0) is 13.8. The number of aromatic nitrogens is 1. The zero-order valence-electron chi connectivity index (χ0n) is 10.4. The Morgan fingerprint density at radius 1 is 1.53 bits per heavy atom. The maximum atomic E-state index is 6.09. The van der Waals surface area contributed by atoms with E-state index in [0.717, 1.165) is 17.9 Å². The van der Waals surface area contributed by atoms with E-state index in [2.05, 4.69) is 10.3 Å². The lowest BCUT2D eigenvalue weighted by Gasteiger charge is -2.07. The fourth-order valence-corrected chi connectivity index (χ4v) is 2.11. The molecule has 0 aliphatic carbocycles. The number of nitrogens with zero attached hydrogens (tertiary/aromatic N) is 1. The minimum Gasteiger partial charge on any atom is -0.444 e. The molecule has 1 aromatic carbocycles. The first-order valence-electron chi connectivity index (χ1n) is 5.87. The van der Waals surface area contributed by atoms with Crippen molar-refractivity contribution >= 4 is 34.5 Å². The van der Waals surface area contributed by atoms with E-state index in [1.54, 1.807) is 18.3 Å². The van der Waals surface area contributed by atoms with Crippen molar-refractivity contribution < 1.29 is 4.42 Å². The number of anilines is 1. The highest BCUT2D eigenvalue weighted by Gasteiger charge is 2.06. The third-order valence-electron chi connectivity index (χ3n) is 2.63. The molecule has 0 radical (unpaired) electrons. The van der Waals surface area contributed by atoms with E-state index < -0.39 is 0 Å². The molecular formula is C13H14ClN3OS. The number of halogens is 1. The Bertz CT molecular complexity index is 597. The van der Waals surface area contributed by atoms with E-state index in [1.807, 2.05) is 13.0 Å². The molecule has 0 spiro atoms. The number of hydrogen-bond donors (Lipinski definition) is 2. The van der Waals surface area contributed by atoms with Crippen molar-refractivity contribution in [3.63, 3.8) is 0 Å². The highest BCUT2D eigenvalue weighted by atomic mass is 35.5. The number of oxazole rings is 1. The van der Waals surface area contributed by atoms with Gasteiger partial charge >= 0.3 is 0 Å². The molecule has 2 aromatic rings. The largest absolute Gasteiger partial charge is 0.444 e. The summed E-state index contributed by atoms with van der Waals surface area (Å²) in [6.45, 7) is 2.52. The number of hydrogen-bond acceptors (Lipinski definition) is 4. The van der Waals surface area contributed by atoms with Gasteiger partial charge in [-0.3, -0.25) is 0 Å². The van der Waals surface area contributed by atoms with Gasteiger partial charge in [0.15, 0.2) is 0 Å². The average Bonchev–Trinajstić information content (AvgIpc) is 2.84. The maximum Gasteiger partial charge on any atom is 0.213 e. The first-order valence-corrected chi connectivity index (χ1v) is 6.65. The second-order valence-electron chi connectivity index (χ2n) is 3.99. The molecule has 0 saturated carbocycles. The predicted molar refractivity (Wildman–Crippen MR) is 80.5 cm³/mol. The van der Waals surface area contributed by atoms with Gasteiger partial charge in [-0.15, -0.1) is 0 Å².